The first-order chi connectivity index (χ1) is 10.5. The molecule has 0 radical (unpaired) electrons. The van der Waals surface area contributed by atoms with E-state index in [0.717, 1.165) is 23.9 Å². The minimum absolute atomic E-state index is 0.103. The molecule has 6 heteroatoms. The van der Waals surface area contributed by atoms with Crippen LogP contribution in [0.2, 0.25) is 0 Å². The Bertz CT molecular complexity index is 683. The highest BCUT2D eigenvalue weighted by Crippen LogP contribution is 2.29. The molecule has 2 aromatic rings. The molecule has 1 aliphatic rings. The first kappa shape index (κ1) is 14.6. The molecule has 0 aliphatic carbocycles. The SMILES string of the molecule is FC(F)(F)c1ccnc(C2=N[C@@H](Cc3ccccc3)CO2)c1. The first-order valence-electron chi connectivity index (χ1n) is 6.80. The molecule has 0 N–H and O–H groups in total. The van der Waals surface area contributed by atoms with Crippen LogP contribution in [-0.2, 0) is 17.3 Å². The number of halogens is 3. The third-order valence-electron chi connectivity index (χ3n) is 3.33. The Balaban J connectivity index is 1.77. The number of aliphatic imine (C=N–C) groups is 1. The summed E-state index contributed by atoms with van der Waals surface area (Å²) in [6.45, 7) is 0.349. The zero-order chi connectivity index (χ0) is 15.6. The summed E-state index contributed by atoms with van der Waals surface area (Å²) in [7, 11) is 0. The fraction of sp³-hybridized carbons (Fsp3) is 0.250. The summed E-state index contributed by atoms with van der Waals surface area (Å²) >= 11 is 0. The lowest BCUT2D eigenvalue weighted by atomic mass is 10.1. The van der Waals surface area contributed by atoms with Crippen LogP contribution in [0.1, 0.15) is 16.8 Å². The molecule has 22 heavy (non-hydrogen) atoms. The van der Waals surface area contributed by atoms with Gasteiger partial charge in [-0.15, -0.1) is 0 Å². The maximum atomic E-state index is 12.7. The topological polar surface area (TPSA) is 34.5 Å². The molecule has 0 unspecified atom stereocenters. The maximum Gasteiger partial charge on any atom is 0.416 e. The summed E-state index contributed by atoms with van der Waals surface area (Å²) in [4.78, 5) is 8.26. The van der Waals surface area contributed by atoms with Gasteiger partial charge in [0.25, 0.3) is 0 Å². The molecule has 3 rings (SSSR count). The predicted molar refractivity (Wildman–Crippen MR) is 75.7 cm³/mol. The zero-order valence-electron chi connectivity index (χ0n) is 11.5. The molecule has 1 aliphatic heterocycles. The average Bonchev–Trinajstić information content (AvgIpc) is 2.96. The minimum atomic E-state index is -4.40. The van der Waals surface area contributed by atoms with E-state index >= 15 is 0 Å². The maximum absolute atomic E-state index is 12.7. The highest BCUT2D eigenvalue weighted by Gasteiger charge is 2.32. The fourth-order valence-electron chi connectivity index (χ4n) is 2.27. The van der Waals surface area contributed by atoms with Gasteiger partial charge in [0.15, 0.2) is 0 Å². The van der Waals surface area contributed by atoms with Crippen molar-refractivity contribution in [2.45, 2.75) is 18.6 Å². The average molecular weight is 306 g/mol. The summed E-state index contributed by atoms with van der Waals surface area (Å²) in [5.74, 6) is 0.173. The van der Waals surface area contributed by atoms with Gasteiger partial charge in [0.05, 0.1) is 11.6 Å². The van der Waals surface area contributed by atoms with Crippen LogP contribution in [0.5, 0.6) is 0 Å². The van der Waals surface area contributed by atoms with Gasteiger partial charge in [-0.05, 0) is 24.1 Å². The second kappa shape index (κ2) is 5.79. The third-order valence-corrected chi connectivity index (χ3v) is 3.33. The predicted octanol–water partition coefficient (Wildman–Crippen LogP) is 3.49. The van der Waals surface area contributed by atoms with Gasteiger partial charge in [0, 0.05) is 6.20 Å². The van der Waals surface area contributed by atoms with Gasteiger partial charge in [-0.2, -0.15) is 13.2 Å². The van der Waals surface area contributed by atoms with E-state index in [0.29, 0.717) is 13.0 Å². The Labute approximate surface area is 125 Å². The van der Waals surface area contributed by atoms with Crippen LogP contribution in [-0.4, -0.2) is 23.5 Å². The van der Waals surface area contributed by atoms with Crippen LogP contribution < -0.4 is 0 Å². The van der Waals surface area contributed by atoms with Crippen LogP contribution >= 0.6 is 0 Å². The Hall–Kier alpha value is -2.37. The highest BCUT2D eigenvalue weighted by atomic mass is 19.4. The Morgan fingerprint density at radius 2 is 1.91 bits per heavy atom. The van der Waals surface area contributed by atoms with E-state index in [-0.39, 0.29) is 17.6 Å². The quantitative estimate of drug-likeness (QED) is 0.870. The van der Waals surface area contributed by atoms with E-state index in [4.69, 9.17) is 4.74 Å². The number of benzene rings is 1. The van der Waals surface area contributed by atoms with Crippen molar-refractivity contribution in [1.82, 2.24) is 4.98 Å². The Kier molecular flexibility index (Phi) is 3.83. The molecular weight excluding hydrogens is 293 g/mol. The standard InChI is InChI=1S/C16H13F3N2O/c17-16(18,19)12-6-7-20-14(9-12)15-21-13(10-22-15)8-11-4-2-1-3-5-11/h1-7,9,13H,8,10H2/t13-/m0/s1. The van der Waals surface area contributed by atoms with Gasteiger partial charge in [0.2, 0.25) is 5.90 Å². The minimum Gasteiger partial charge on any atom is -0.474 e. The van der Waals surface area contributed by atoms with Crippen molar-refractivity contribution >= 4 is 5.90 Å². The van der Waals surface area contributed by atoms with Crippen molar-refractivity contribution in [2.75, 3.05) is 6.61 Å². The molecule has 0 amide bonds. The molecule has 1 atom stereocenters. The van der Waals surface area contributed by atoms with Crippen LogP contribution in [0.4, 0.5) is 13.2 Å². The van der Waals surface area contributed by atoms with E-state index in [1.165, 1.54) is 0 Å². The largest absolute Gasteiger partial charge is 0.474 e. The van der Waals surface area contributed by atoms with Crippen molar-refractivity contribution in [3.05, 3.63) is 65.5 Å². The number of aromatic nitrogens is 1. The molecular formula is C16H13F3N2O. The Morgan fingerprint density at radius 3 is 2.64 bits per heavy atom. The molecule has 0 spiro atoms. The monoisotopic (exact) mass is 306 g/mol. The van der Waals surface area contributed by atoms with E-state index in [1.807, 2.05) is 30.3 Å². The Morgan fingerprint density at radius 1 is 1.14 bits per heavy atom. The highest BCUT2D eigenvalue weighted by molar-refractivity contribution is 5.93. The van der Waals surface area contributed by atoms with Crippen LogP contribution in [0, 0.1) is 0 Å². The molecule has 1 aromatic heterocycles. The molecule has 0 saturated carbocycles. The lowest BCUT2D eigenvalue weighted by molar-refractivity contribution is -0.137. The van der Waals surface area contributed by atoms with Crippen LogP contribution in [0.15, 0.2) is 53.7 Å². The molecule has 0 bridgehead atoms. The lowest BCUT2D eigenvalue weighted by Gasteiger charge is -2.07. The van der Waals surface area contributed by atoms with Gasteiger partial charge in [0.1, 0.15) is 12.3 Å². The normalized spacial score (nSPS) is 18.0. The fourth-order valence-corrected chi connectivity index (χ4v) is 2.27. The van der Waals surface area contributed by atoms with E-state index in [9.17, 15) is 13.2 Å². The van der Waals surface area contributed by atoms with Crippen molar-refractivity contribution in [3.63, 3.8) is 0 Å². The summed E-state index contributed by atoms with van der Waals surface area (Å²) in [5, 5.41) is 0. The smallest absolute Gasteiger partial charge is 0.416 e. The second-order valence-electron chi connectivity index (χ2n) is 5.02. The molecule has 2 heterocycles. The van der Waals surface area contributed by atoms with Crippen molar-refractivity contribution < 1.29 is 17.9 Å². The van der Waals surface area contributed by atoms with Crippen LogP contribution in [0.3, 0.4) is 0 Å². The third kappa shape index (κ3) is 3.27. The van der Waals surface area contributed by atoms with Crippen molar-refractivity contribution in [3.8, 4) is 0 Å². The molecule has 3 nitrogen and oxygen atoms in total. The number of hydrogen-bond acceptors (Lipinski definition) is 3. The van der Waals surface area contributed by atoms with Crippen LogP contribution in [0.25, 0.3) is 0 Å². The number of pyridine rings is 1. The number of nitrogens with zero attached hydrogens (tertiary/aromatic N) is 2. The zero-order valence-corrected chi connectivity index (χ0v) is 11.5. The molecule has 0 saturated heterocycles. The number of rotatable bonds is 3. The summed E-state index contributed by atoms with van der Waals surface area (Å²) in [5.41, 5.74) is 0.471. The van der Waals surface area contributed by atoms with Crippen molar-refractivity contribution in [2.24, 2.45) is 4.99 Å². The van der Waals surface area contributed by atoms with E-state index in [2.05, 4.69) is 9.98 Å². The summed E-state index contributed by atoms with van der Waals surface area (Å²) in [6.07, 6.45) is -2.60. The van der Waals surface area contributed by atoms with Gasteiger partial charge in [-0.25, -0.2) is 4.99 Å². The summed E-state index contributed by atoms with van der Waals surface area (Å²) < 4.78 is 43.5. The second-order valence-corrected chi connectivity index (χ2v) is 5.02. The first-order valence-corrected chi connectivity index (χ1v) is 6.80. The van der Waals surface area contributed by atoms with Gasteiger partial charge < -0.3 is 4.74 Å². The molecule has 0 fully saturated rings. The molecule has 114 valence electrons. The van der Waals surface area contributed by atoms with E-state index < -0.39 is 11.7 Å². The molecule has 1 aromatic carbocycles. The number of ether oxygens (including phenoxy) is 1. The van der Waals surface area contributed by atoms with Gasteiger partial charge in [-0.3, -0.25) is 4.98 Å². The summed E-state index contributed by atoms with van der Waals surface area (Å²) in [6, 6.07) is 11.6. The van der Waals surface area contributed by atoms with Gasteiger partial charge in [-0.1, -0.05) is 30.3 Å². The van der Waals surface area contributed by atoms with Gasteiger partial charge >= 0.3 is 6.18 Å². The number of alkyl halides is 3. The lowest BCUT2D eigenvalue weighted by Crippen LogP contribution is -2.10. The van der Waals surface area contributed by atoms with E-state index in [1.54, 1.807) is 0 Å². The number of hydrogen-bond donors (Lipinski definition) is 0. The van der Waals surface area contributed by atoms with Crippen molar-refractivity contribution in [1.29, 1.82) is 0 Å².